The molecular formula is C19H19BrN8. The lowest BCUT2D eigenvalue weighted by Crippen LogP contribution is -2.56. The highest BCUT2D eigenvalue weighted by Gasteiger charge is 2.28. The molecule has 1 aromatic carbocycles. The van der Waals surface area contributed by atoms with Gasteiger partial charge in [-0.25, -0.2) is 9.97 Å². The maximum atomic E-state index is 9.17. The molecule has 1 fully saturated rings. The van der Waals surface area contributed by atoms with Crippen molar-refractivity contribution in [3.63, 3.8) is 0 Å². The van der Waals surface area contributed by atoms with Gasteiger partial charge in [0, 0.05) is 42.0 Å². The number of aliphatic imine (C=N–C) groups is 1. The number of nitrogens with zero attached hydrogens (tertiary/aromatic N) is 6. The molecule has 1 unspecified atom stereocenters. The van der Waals surface area contributed by atoms with Crippen LogP contribution in [0.3, 0.4) is 0 Å². The Morgan fingerprint density at radius 2 is 2.25 bits per heavy atom. The Hall–Kier alpha value is -3.12. The summed E-state index contributed by atoms with van der Waals surface area (Å²) in [7, 11) is 0. The zero-order valence-corrected chi connectivity index (χ0v) is 16.9. The van der Waals surface area contributed by atoms with Crippen molar-refractivity contribution in [3.8, 4) is 6.19 Å². The molecule has 1 atom stereocenters. The Labute approximate surface area is 171 Å². The highest BCUT2D eigenvalue weighted by Crippen LogP contribution is 2.25. The average molecular weight is 439 g/mol. The monoisotopic (exact) mass is 438 g/mol. The van der Waals surface area contributed by atoms with Crippen molar-refractivity contribution in [3.05, 3.63) is 47.3 Å². The first-order valence-corrected chi connectivity index (χ1v) is 9.74. The van der Waals surface area contributed by atoms with Crippen molar-refractivity contribution >= 4 is 44.4 Å². The quantitative estimate of drug-likeness (QED) is 0.362. The molecule has 9 heteroatoms. The van der Waals surface area contributed by atoms with E-state index in [-0.39, 0.29) is 6.04 Å². The lowest BCUT2D eigenvalue weighted by atomic mass is 10.2. The number of rotatable bonds is 2. The Kier molecular flexibility index (Phi) is 5.12. The van der Waals surface area contributed by atoms with Gasteiger partial charge in [0.1, 0.15) is 17.8 Å². The van der Waals surface area contributed by atoms with Gasteiger partial charge in [0.2, 0.25) is 12.2 Å². The lowest BCUT2D eigenvalue weighted by Gasteiger charge is -2.41. The molecule has 2 aromatic heterocycles. The molecule has 0 radical (unpaired) electrons. The van der Waals surface area contributed by atoms with Crippen LogP contribution in [0.4, 0.5) is 11.5 Å². The predicted octanol–water partition coefficient (Wildman–Crippen LogP) is 3.18. The van der Waals surface area contributed by atoms with Gasteiger partial charge in [-0.3, -0.25) is 0 Å². The van der Waals surface area contributed by atoms with Crippen molar-refractivity contribution in [2.45, 2.75) is 13.0 Å². The number of piperazine rings is 1. The summed E-state index contributed by atoms with van der Waals surface area (Å²) in [5.74, 6) is 1.48. The summed E-state index contributed by atoms with van der Waals surface area (Å²) >= 11 is 3.47. The molecule has 0 spiro atoms. The van der Waals surface area contributed by atoms with Crippen molar-refractivity contribution < 1.29 is 0 Å². The summed E-state index contributed by atoms with van der Waals surface area (Å²) in [5.41, 5.74) is 1.71. The molecule has 142 valence electrons. The van der Waals surface area contributed by atoms with Crippen LogP contribution < -0.4 is 10.2 Å². The number of anilines is 2. The molecule has 28 heavy (non-hydrogen) atoms. The second kappa shape index (κ2) is 7.86. The largest absolute Gasteiger partial charge is 0.352 e. The minimum atomic E-state index is 0.143. The minimum absolute atomic E-state index is 0.143. The second-order valence-electron chi connectivity index (χ2n) is 6.60. The summed E-state index contributed by atoms with van der Waals surface area (Å²) in [6.07, 6.45) is 5.38. The van der Waals surface area contributed by atoms with Crippen molar-refractivity contribution in [2.24, 2.45) is 4.99 Å². The van der Waals surface area contributed by atoms with Crippen LogP contribution in [0, 0.1) is 11.5 Å². The SMILES string of the molecule is CC1CN(c2ncnc3[nH]ccc23)CCN1/C(=N\C#N)Nc1cccc(Br)c1. The third kappa shape index (κ3) is 3.64. The molecule has 3 heterocycles. The van der Waals surface area contributed by atoms with Gasteiger partial charge < -0.3 is 20.1 Å². The molecule has 2 N–H and O–H groups in total. The number of hydrogen-bond acceptors (Lipinski definition) is 5. The van der Waals surface area contributed by atoms with Crippen LogP contribution in [-0.4, -0.2) is 51.5 Å². The topological polar surface area (TPSA) is 96.2 Å². The van der Waals surface area contributed by atoms with E-state index in [1.807, 2.05) is 42.7 Å². The zero-order valence-electron chi connectivity index (χ0n) is 15.3. The van der Waals surface area contributed by atoms with Gasteiger partial charge in [-0.1, -0.05) is 22.0 Å². The summed E-state index contributed by atoms with van der Waals surface area (Å²) in [6, 6.07) is 9.94. The van der Waals surface area contributed by atoms with Crippen LogP contribution >= 0.6 is 15.9 Å². The fraction of sp³-hybridized carbons (Fsp3) is 0.263. The third-order valence-electron chi connectivity index (χ3n) is 4.77. The average Bonchev–Trinajstić information content (AvgIpc) is 3.16. The van der Waals surface area contributed by atoms with Gasteiger partial charge in [0.05, 0.1) is 5.39 Å². The maximum absolute atomic E-state index is 9.17. The van der Waals surface area contributed by atoms with Gasteiger partial charge >= 0.3 is 0 Å². The second-order valence-corrected chi connectivity index (χ2v) is 7.51. The lowest BCUT2D eigenvalue weighted by molar-refractivity contribution is 0.297. The number of nitrogens with one attached hydrogen (secondary N) is 2. The van der Waals surface area contributed by atoms with Crippen LogP contribution in [0.25, 0.3) is 11.0 Å². The molecule has 0 amide bonds. The summed E-state index contributed by atoms with van der Waals surface area (Å²) < 4.78 is 0.964. The minimum Gasteiger partial charge on any atom is -0.352 e. The maximum Gasteiger partial charge on any atom is 0.214 e. The highest BCUT2D eigenvalue weighted by atomic mass is 79.9. The fourth-order valence-corrected chi connectivity index (χ4v) is 3.88. The molecule has 1 aliphatic rings. The van der Waals surface area contributed by atoms with Crippen molar-refractivity contribution in [1.29, 1.82) is 5.26 Å². The number of nitriles is 1. The first kappa shape index (κ1) is 18.3. The van der Waals surface area contributed by atoms with Crippen molar-refractivity contribution in [1.82, 2.24) is 19.9 Å². The first-order valence-electron chi connectivity index (χ1n) is 8.95. The number of guanidine groups is 1. The number of halogens is 1. The van der Waals surface area contributed by atoms with Crippen LogP contribution in [0.1, 0.15) is 6.92 Å². The van der Waals surface area contributed by atoms with E-state index in [4.69, 9.17) is 5.26 Å². The zero-order chi connectivity index (χ0) is 19.5. The Morgan fingerprint density at radius 1 is 1.36 bits per heavy atom. The van der Waals surface area contributed by atoms with Gasteiger partial charge in [-0.15, -0.1) is 4.99 Å². The van der Waals surface area contributed by atoms with E-state index in [0.717, 1.165) is 46.6 Å². The Morgan fingerprint density at radius 3 is 3.04 bits per heavy atom. The smallest absolute Gasteiger partial charge is 0.214 e. The number of hydrogen-bond donors (Lipinski definition) is 2. The predicted molar refractivity (Wildman–Crippen MR) is 113 cm³/mol. The molecule has 0 bridgehead atoms. The van der Waals surface area contributed by atoms with Gasteiger partial charge in [0.25, 0.3) is 0 Å². The normalized spacial score (nSPS) is 17.6. The van der Waals surface area contributed by atoms with Crippen LogP contribution in [0.15, 0.2) is 52.3 Å². The van der Waals surface area contributed by atoms with E-state index < -0.39 is 0 Å². The molecule has 1 aliphatic heterocycles. The van der Waals surface area contributed by atoms with Crippen LogP contribution in [0.2, 0.25) is 0 Å². The van der Waals surface area contributed by atoms with E-state index >= 15 is 0 Å². The van der Waals surface area contributed by atoms with Gasteiger partial charge in [-0.2, -0.15) is 5.26 Å². The molecule has 8 nitrogen and oxygen atoms in total. The third-order valence-corrected chi connectivity index (χ3v) is 5.26. The summed E-state index contributed by atoms with van der Waals surface area (Å²) in [6.45, 7) is 4.38. The number of aromatic nitrogens is 3. The van der Waals surface area contributed by atoms with E-state index in [9.17, 15) is 0 Å². The molecule has 3 aromatic rings. The first-order chi connectivity index (χ1) is 13.7. The van der Waals surface area contributed by atoms with Gasteiger partial charge in [0.15, 0.2) is 0 Å². The van der Waals surface area contributed by atoms with E-state index in [1.54, 1.807) is 6.33 Å². The molecule has 4 rings (SSSR count). The van der Waals surface area contributed by atoms with Crippen LogP contribution in [0.5, 0.6) is 0 Å². The van der Waals surface area contributed by atoms with Gasteiger partial charge in [-0.05, 0) is 31.2 Å². The van der Waals surface area contributed by atoms with E-state index in [2.05, 4.69) is 57.9 Å². The fourth-order valence-electron chi connectivity index (χ4n) is 3.48. The molecule has 1 saturated heterocycles. The van der Waals surface area contributed by atoms with Crippen LogP contribution in [-0.2, 0) is 0 Å². The highest BCUT2D eigenvalue weighted by molar-refractivity contribution is 9.10. The number of benzene rings is 1. The molecule has 0 saturated carbocycles. The Balaban J connectivity index is 1.53. The van der Waals surface area contributed by atoms with E-state index in [1.165, 1.54) is 0 Å². The number of fused-ring (bicyclic) bond motifs is 1. The van der Waals surface area contributed by atoms with E-state index in [0.29, 0.717) is 5.96 Å². The molecular weight excluding hydrogens is 420 g/mol. The molecule has 0 aliphatic carbocycles. The summed E-state index contributed by atoms with van der Waals surface area (Å²) in [4.78, 5) is 20.3. The number of aromatic amines is 1. The summed E-state index contributed by atoms with van der Waals surface area (Å²) in [5, 5.41) is 13.5. The number of H-pyrrole nitrogens is 1. The van der Waals surface area contributed by atoms with Crippen molar-refractivity contribution in [2.75, 3.05) is 29.9 Å². The Bertz CT molecular complexity index is 1050. The standard InChI is InChI=1S/C19H19BrN8/c1-13-10-27(18-16-5-6-22-17(16)24-12-25-18)7-8-28(13)19(23-11-21)26-15-4-2-3-14(20)9-15/h2-6,9,12-13H,7-8,10H2,1H3,(H,23,26)(H,22,24,25).